The molecule has 1 aromatic rings. The number of hydrogen-bond acceptors (Lipinski definition) is 2. The van der Waals surface area contributed by atoms with Gasteiger partial charge in [-0.15, -0.1) is 0 Å². The average molecular weight is 256 g/mol. The molecular formula is C14H22B2N2O. The molecule has 0 atom stereocenters. The van der Waals surface area contributed by atoms with Gasteiger partial charge in [-0.3, -0.25) is 4.79 Å². The van der Waals surface area contributed by atoms with Crippen molar-refractivity contribution < 1.29 is 4.79 Å². The van der Waals surface area contributed by atoms with E-state index in [1.165, 1.54) is 5.56 Å². The summed E-state index contributed by atoms with van der Waals surface area (Å²) < 4.78 is 0. The van der Waals surface area contributed by atoms with Gasteiger partial charge in [-0.25, -0.2) is 4.98 Å². The molecule has 0 unspecified atom stereocenters. The van der Waals surface area contributed by atoms with Crippen LogP contribution in [0.1, 0.15) is 32.8 Å². The van der Waals surface area contributed by atoms with E-state index in [0.29, 0.717) is 5.82 Å². The Hall–Kier alpha value is -1.25. The van der Waals surface area contributed by atoms with Crippen molar-refractivity contribution in [2.24, 2.45) is 5.41 Å². The highest BCUT2D eigenvalue weighted by Gasteiger charge is 2.25. The van der Waals surface area contributed by atoms with Crippen molar-refractivity contribution in [2.45, 2.75) is 47.2 Å². The summed E-state index contributed by atoms with van der Waals surface area (Å²) in [6.07, 6.45) is 3.49. The molecule has 100 valence electrons. The smallest absolute Gasteiger partial charge is 0.231 e. The molecule has 0 spiro atoms. The van der Waals surface area contributed by atoms with Crippen LogP contribution in [0.4, 0.5) is 5.82 Å². The lowest BCUT2D eigenvalue weighted by Crippen LogP contribution is -2.31. The standard InChI is InChI=1S/C14H22B2N2O/c1-6-14(2,3)13(19)18-12-7-10(8-15-4)11(16-5)9-17-12/h7,9H,6,8H2,1-5H3,(H,17,18,19). The summed E-state index contributed by atoms with van der Waals surface area (Å²) in [5, 5.41) is 2.91. The summed E-state index contributed by atoms with van der Waals surface area (Å²) in [6, 6.07) is 1.96. The minimum absolute atomic E-state index is 0.0159. The molecule has 0 aliphatic rings. The molecule has 1 heterocycles. The zero-order valence-corrected chi connectivity index (χ0v) is 12.6. The first-order chi connectivity index (χ1) is 8.94. The molecule has 0 saturated heterocycles. The average Bonchev–Trinajstić information content (AvgIpc) is 2.39. The Morgan fingerprint density at radius 1 is 1.42 bits per heavy atom. The summed E-state index contributed by atoms with van der Waals surface area (Å²) in [7, 11) is 4.14. The van der Waals surface area contributed by atoms with Crippen LogP contribution in [0.3, 0.4) is 0 Å². The topological polar surface area (TPSA) is 42.0 Å². The maximum absolute atomic E-state index is 12.1. The van der Waals surface area contributed by atoms with E-state index >= 15 is 0 Å². The van der Waals surface area contributed by atoms with E-state index in [1.807, 2.05) is 54.0 Å². The number of rotatable bonds is 6. The van der Waals surface area contributed by atoms with Gasteiger partial charge in [0.15, 0.2) is 7.28 Å². The van der Waals surface area contributed by atoms with Crippen LogP contribution < -0.4 is 10.8 Å². The molecule has 0 fully saturated rings. The Balaban J connectivity index is 2.91. The number of nitrogens with one attached hydrogen (secondary N) is 1. The van der Waals surface area contributed by atoms with Crippen LogP contribution in [0.15, 0.2) is 12.3 Å². The van der Waals surface area contributed by atoms with E-state index in [1.54, 1.807) is 0 Å². The van der Waals surface area contributed by atoms with Crippen molar-refractivity contribution in [2.75, 3.05) is 5.32 Å². The monoisotopic (exact) mass is 256 g/mol. The van der Waals surface area contributed by atoms with Crippen LogP contribution in [0.25, 0.3) is 0 Å². The van der Waals surface area contributed by atoms with Gasteiger partial charge in [0.25, 0.3) is 0 Å². The van der Waals surface area contributed by atoms with Gasteiger partial charge in [-0.1, -0.05) is 51.8 Å². The van der Waals surface area contributed by atoms with E-state index < -0.39 is 0 Å². The van der Waals surface area contributed by atoms with Crippen molar-refractivity contribution in [1.82, 2.24) is 4.98 Å². The molecule has 0 saturated carbocycles. The highest BCUT2D eigenvalue weighted by atomic mass is 16.2. The lowest BCUT2D eigenvalue weighted by molar-refractivity contribution is -0.124. The molecule has 1 aromatic heterocycles. The lowest BCUT2D eigenvalue weighted by Gasteiger charge is -2.21. The molecule has 0 aliphatic carbocycles. The van der Waals surface area contributed by atoms with Gasteiger partial charge < -0.3 is 5.32 Å². The fourth-order valence-electron chi connectivity index (χ4n) is 1.68. The third kappa shape index (κ3) is 4.12. The Morgan fingerprint density at radius 2 is 2.11 bits per heavy atom. The number of carbonyl (C=O) groups is 1. The maximum atomic E-state index is 12.1. The van der Waals surface area contributed by atoms with Crippen LogP contribution >= 0.6 is 0 Å². The van der Waals surface area contributed by atoms with Crippen LogP contribution in [0, 0.1) is 5.41 Å². The first-order valence-electron chi connectivity index (χ1n) is 6.82. The number of nitrogens with zero attached hydrogens (tertiary/aromatic N) is 1. The summed E-state index contributed by atoms with van der Waals surface area (Å²) in [4.78, 5) is 16.4. The van der Waals surface area contributed by atoms with Gasteiger partial charge in [-0.2, -0.15) is 0 Å². The van der Waals surface area contributed by atoms with E-state index in [4.69, 9.17) is 0 Å². The second kappa shape index (κ2) is 6.78. The van der Waals surface area contributed by atoms with Crippen LogP contribution in [0.5, 0.6) is 0 Å². The zero-order valence-electron chi connectivity index (χ0n) is 12.6. The largest absolute Gasteiger partial charge is 0.310 e. The number of amides is 1. The maximum Gasteiger partial charge on any atom is 0.231 e. The van der Waals surface area contributed by atoms with Crippen LogP contribution in [-0.2, 0) is 11.1 Å². The third-order valence-corrected chi connectivity index (χ3v) is 3.50. The van der Waals surface area contributed by atoms with Crippen LogP contribution in [-0.4, -0.2) is 25.5 Å². The molecule has 19 heavy (non-hydrogen) atoms. The first-order valence-corrected chi connectivity index (χ1v) is 6.82. The second-order valence-corrected chi connectivity index (χ2v) is 5.36. The minimum atomic E-state index is -0.367. The number of pyridine rings is 1. The number of carbonyl (C=O) groups excluding carboxylic acids is 1. The van der Waals surface area contributed by atoms with Crippen LogP contribution in [0.2, 0.25) is 13.6 Å². The summed E-state index contributed by atoms with van der Waals surface area (Å²) in [6.45, 7) is 9.92. The van der Waals surface area contributed by atoms with E-state index in [2.05, 4.69) is 17.6 Å². The quantitative estimate of drug-likeness (QED) is 0.791. The second-order valence-electron chi connectivity index (χ2n) is 5.36. The zero-order chi connectivity index (χ0) is 14.5. The summed E-state index contributed by atoms with van der Waals surface area (Å²) >= 11 is 0. The molecule has 3 nitrogen and oxygen atoms in total. The van der Waals surface area contributed by atoms with Crippen molar-refractivity contribution in [3.63, 3.8) is 0 Å². The molecule has 1 N–H and O–H groups in total. The van der Waals surface area contributed by atoms with Gasteiger partial charge in [0.05, 0.1) is 0 Å². The minimum Gasteiger partial charge on any atom is -0.310 e. The highest BCUT2D eigenvalue weighted by molar-refractivity contribution is 6.53. The molecule has 0 aromatic carbocycles. The molecule has 5 heteroatoms. The van der Waals surface area contributed by atoms with Crippen molar-refractivity contribution in [3.05, 3.63) is 17.8 Å². The Kier molecular flexibility index (Phi) is 5.64. The predicted molar refractivity (Wildman–Crippen MR) is 83.5 cm³/mol. The third-order valence-electron chi connectivity index (χ3n) is 3.50. The lowest BCUT2D eigenvalue weighted by atomic mass is 9.66. The van der Waals surface area contributed by atoms with Crippen molar-refractivity contribution >= 4 is 31.7 Å². The molecule has 1 amide bonds. The molecule has 0 aliphatic heterocycles. The Bertz CT molecular complexity index is 447. The Morgan fingerprint density at radius 3 is 2.63 bits per heavy atom. The normalized spacial score (nSPS) is 11.0. The highest BCUT2D eigenvalue weighted by Crippen LogP contribution is 2.21. The molecule has 0 bridgehead atoms. The van der Waals surface area contributed by atoms with Gasteiger partial charge in [0.1, 0.15) is 13.1 Å². The first kappa shape index (κ1) is 15.8. The van der Waals surface area contributed by atoms with E-state index in [0.717, 1.165) is 18.2 Å². The molecular weight excluding hydrogens is 234 g/mol. The molecule has 1 rings (SSSR count). The number of anilines is 1. The van der Waals surface area contributed by atoms with Gasteiger partial charge in [-0.05, 0) is 12.5 Å². The fourth-order valence-corrected chi connectivity index (χ4v) is 1.68. The van der Waals surface area contributed by atoms with Crippen molar-refractivity contribution in [1.29, 1.82) is 0 Å². The Labute approximate surface area is 118 Å². The SMILES string of the molecule is C[B]Cc1cc(NC(=O)C(C)(C)CC)ncc1[B]C. The van der Waals surface area contributed by atoms with E-state index in [-0.39, 0.29) is 11.3 Å². The van der Waals surface area contributed by atoms with Gasteiger partial charge in [0.2, 0.25) is 5.91 Å². The summed E-state index contributed by atoms with van der Waals surface area (Å²) in [5.41, 5.74) is 1.93. The fraction of sp³-hybridized carbons (Fsp3) is 0.571. The number of hydrogen-bond donors (Lipinski definition) is 1. The number of aromatic nitrogens is 1. The molecule has 2 radical (unpaired) electrons. The van der Waals surface area contributed by atoms with E-state index in [9.17, 15) is 4.79 Å². The predicted octanol–water partition coefficient (Wildman–Crippen LogP) is 2.09. The van der Waals surface area contributed by atoms with Gasteiger partial charge >= 0.3 is 0 Å². The summed E-state index contributed by atoms with van der Waals surface area (Å²) in [5.74, 6) is 0.649. The van der Waals surface area contributed by atoms with Gasteiger partial charge in [0, 0.05) is 11.6 Å². The van der Waals surface area contributed by atoms with Crippen molar-refractivity contribution in [3.8, 4) is 0 Å².